The van der Waals surface area contributed by atoms with Gasteiger partial charge < -0.3 is 9.47 Å². The molecule has 0 atom stereocenters. The SMILES string of the molecule is O=C(C(=O)c1ccc2c(c1)OC1(c3ccccc3)Oc3cc(C(=O)C(=O)c4ccccc4)ccc3C21c1ccccc1)c1ccccc1. The van der Waals surface area contributed by atoms with E-state index in [0.717, 1.165) is 16.7 Å². The standard InChI is InChI=1S/C42H26O6/c43-37(27-13-5-1-6-14-27)39(45)29-21-23-33-35(25-29)47-42(32-19-11-4-12-20-32)41(33,31-17-9-3-10-18-31)34-24-22-30(26-36(34)48-42)40(46)38(44)28-15-7-2-8-16-28/h1-26H. The number of ether oxygens (including phenoxy) is 2. The van der Waals surface area contributed by atoms with Gasteiger partial charge in [-0.1, -0.05) is 146 Å². The van der Waals surface area contributed by atoms with Crippen molar-refractivity contribution in [3.8, 4) is 11.5 Å². The van der Waals surface area contributed by atoms with Crippen LogP contribution in [0.1, 0.15) is 63.7 Å². The summed E-state index contributed by atoms with van der Waals surface area (Å²) in [7, 11) is 0. The van der Waals surface area contributed by atoms with Crippen molar-refractivity contribution in [1.82, 2.24) is 0 Å². The highest BCUT2D eigenvalue weighted by atomic mass is 16.7. The molecule has 0 spiro atoms. The molecule has 6 nitrogen and oxygen atoms in total. The van der Waals surface area contributed by atoms with Crippen LogP contribution in [0.25, 0.3) is 0 Å². The van der Waals surface area contributed by atoms with Gasteiger partial charge in [0.15, 0.2) is 0 Å². The van der Waals surface area contributed by atoms with E-state index in [9.17, 15) is 19.2 Å². The van der Waals surface area contributed by atoms with E-state index in [1.165, 1.54) is 0 Å². The first-order valence-corrected chi connectivity index (χ1v) is 15.5. The van der Waals surface area contributed by atoms with Crippen LogP contribution in [0.3, 0.4) is 0 Å². The van der Waals surface area contributed by atoms with Gasteiger partial charge in [-0.15, -0.1) is 0 Å². The van der Waals surface area contributed by atoms with Crippen LogP contribution in [-0.2, 0) is 11.2 Å². The van der Waals surface area contributed by atoms with Crippen LogP contribution in [0.15, 0.2) is 158 Å². The Kier molecular flexibility index (Phi) is 6.74. The van der Waals surface area contributed by atoms with Gasteiger partial charge in [-0.2, -0.15) is 0 Å². The molecule has 0 saturated heterocycles. The molecule has 230 valence electrons. The third kappa shape index (κ3) is 4.19. The lowest BCUT2D eigenvalue weighted by Gasteiger charge is -2.38. The van der Waals surface area contributed by atoms with Crippen molar-refractivity contribution < 1.29 is 28.7 Å². The van der Waals surface area contributed by atoms with Crippen molar-refractivity contribution in [2.45, 2.75) is 11.2 Å². The minimum Gasteiger partial charge on any atom is -0.446 e. The van der Waals surface area contributed by atoms with Gasteiger partial charge in [0.05, 0.1) is 0 Å². The van der Waals surface area contributed by atoms with E-state index in [0.29, 0.717) is 28.2 Å². The maximum atomic E-state index is 13.5. The van der Waals surface area contributed by atoms with E-state index in [2.05, 4.69) is 0 Å². The van der Waals surface area contributed by atoms with Gasteiger partial charge in [-0.05, 0) is 17.7 Å². The Bertz CT molecular complexity index is 2130. The number of carbonyl (C=O) groups excluding carboxylic acids is 4. The van der Waals surface area contributed by atoms with Gasteiger partial charge in [0.25, 0.3) is 5.79 Å². The maximum Gasteiger partial charge on any atom is 0.296 e. The first-order chi connectivity index (χ1) is 23.4. The smallest absolute Gasteiger partial charge is 0.296 e. The fourth-order valence-corrected chi connectivity index (χ4v) is 6.98. The number of ketones is 4. The first kappa shape index (κ1) is 29.0. The van der Waals surface area contributed by atoms with Gasteiger partial charge >= 0.3 is 0 Å². The highest BCUT2D eigenvalue weighted by Crippen LogP contribution is 2.67. The summed E-state index contributed by atoms with van der Waals surface area (Å²) in [6.07, 6.45) is 0. The zero-order valence-electron chi connectivity index (χ0n) is 25.5. The molecule has 0 radical (unpaired) electrons. The molecule has 48 heavy (non-hydrogen) atoms. The molecule has 6 aromatic rings. The average molecular weight is 627 g/mol. The van der Waals surface area contributed by atoms with E-state index in [4.69, 9.17) is 9.47 Å². The predicted octanol–water partition coefficient (Wildman–Crippen LogP) is 7.79. The molecule has 2 aliphatic rings. The lowest BCUT2D eigenvalue weighted by molar-refractivity contribution is -0.119. The zero-order valence-corrected chi connectivity index (χ0v) is 25.5. The number of rotatable bonds is 8. The fourth-order valence-electron chi connectivity index (χ4n) is 6.98. The summed E-state index contributed by atoms with van der Waals surface area (Å²) < 4.78 is 13.8. The molecule has 0 amide bonds. The highest BCUT2D eigenvalue weighted by molar-refractivity contribution is 6.49. The monoisotopic (exact) mass is 626 g/mol. The Labute approximate surface area is 276 Å². The molecule has 8 rings (SSSR count). The number of hydrogen-bond donors (Lipinski definition) is 0. The summed E-state index contributed by atoms with van der Waals surface area (Å²) in [5, 5.41) is 0. The molecule has 0 aromatic heterocycles. The van der Waals surface area contributed by atoms with Crippen LogP contribution in [0.4, 0.5) is 0 Å². The highest BCUT2D eigenvalue weighted by Gasteiger charge is 2.70. The largest absolute Gasteiger partial charge is 0.446 e. The maximum absolute atomic E-state index is 13.5. The number of hydrogen-bond acceptors (Lipinski definition) is 6. The Morgan fingerprint density at radius 2 is 0.729 bits per heavy atom. The average Bonchev–Trinajstić information content (AvgIpc) is 3.61. The van der Waals surface area contributed by atoms with Crippen molar-refractivity contribution in [3.05, 3.63) is 202 Å². The summed E-state index contributed by atoms with van der Waals surface area (Å²) in [6.45, 7) is 0. The molecule has 0 bridgehead atoms. The van der Waals surface area contributed by atoms with Crippen molar-refractivity contribution >= 4 is 23.1 Å². The van der Waals surface area contributed by atoms with Crippen LogP contribution in [0.5, 0.6) is 11.5 Å². The molecule has 2 heterocycles. The van der Waals surface area contributed by atoms with Gasteiger partial charge in [0.1, 0.15) is 16.9 Å². The van der Waals surface area contributed by atoms with Crippen LogP contribution < -0.4 is 9.47 Å². The summed E-state index contributed by atoms with van der Waals surface area (Å²) in [5.74, 6) is -3.27. The van der Waals surface area contributed by atoms with E-state index in [-0.39, 0.29) is 11.1 Å². The van der Waals surface area contributed by atoms with Crippen LogP contribution in [0.2, 0.25) is 0 Å². The summed E-state index contributed by atoms with van der Waals surface area (Å²) in [6, 6.07) is 46.3. The predicted molar refractivity (Wildman–Crippen MR) is 179 cm³/mol. The summed E-state index contributed by atoms with van der Waals surface area (Å²) in [5.41, 5.74) is 2.87. The second-order valence-corrected chi connectivity index (χ2v) is 11.8. The Hall–Kier alpha value is -6.40. The summed E-state index contributed by atoms with van der Waals surface area (Å²) in [4.78, 5) is 53.2. The van der Waals surface area contributed by atoms with E-state index in [1.54, 1.807) is 84.9 Å². The molecular weight excluding hydrogens is 600 g/mol. The molecule has 2 aliphatic heterocycles. The van der Waals surface area contributed by atoms with Gasteiger partial charge in [-0.25, -0.2) is 0 Å². The molecule has 6 heteroatoms. The lowest BCUT2D eigenvalue weighted by Crippen LogP contribution is -2.50. The lowest BCUT2D eigenvalue weighted by atomic mass is 9.64. The van der Waals surface area contributed by atoms with Crippen LogP contribution in [0, 0.1) is 0 Å². The van der Waals surface area contributed by atoms with Crippen molar-refractivity contribution in [3.63, 3.8) is 0 Å². The van der Waals surface area contributed by atoms with Gasteiger partial charge in [0, 0.05) is 38.9 Å². The van der Waals surface area contributed by atoms with Crippen molar-refractivity contribution in [2.24, 2.45) is 0 Å². The zero-order chi connectivity index (χ0) is 32.9. The van der Waals surface area contributed by atoms with Crippen molar-refractivity contribution in [1.29, 1.82) is 0 Å². The normalized spacial score (nSPS) is 18.4. The Balaban J connectivity index is 1.32. The molecule has 0 aliphatic carbocycles. The summed E-state index contributed by atoms with van der Waals surface area (Å²) >= 11 is 0. The molecule has 0 saturated carbocycles. The van der Waals surface area contributed by atoms with E-state index >= 15 is 0 Å². The minimum atomic E-state index is -1.50. The molecular formula is C42H26O6. The molecule has 0 unspecified atom stereocenters. The van der Waals surface area contributed by atoms with Crippen LogP contribution in [-0.4, -0.2) is 23.1 Å². The van der Waals surface area contributed by atoms with Gasteiger partial charge in [-0.3, -0.25) is 19.2 Å². The Morgan fingerprint density at radius 3 is 1.15 bits per heavy atom. The number of Topliss-reactive ketones (excluding diaryl/α,β-unsaturated/α-hetero) is 4. The molecule has 0 N–H and O–H groups in total. The van der Waals surface area contributed by atoms with Crippen LogP contribution >= 0.6 is 0 Å². The number of benzene rings is 6. The number of carbonyl (C=O) groups is 4. The van der Waals surface area contributed by atoms with Crippen molar-refractivity contribution in [2.75, 3.05) is 0 Å². The quantitative estimate of drug-likeness (QED) is 0.127. The second kappa shape index (κ2) is 11.1. The minimum absolute atomic E-state index is 0.189. The first-order valence-electron chi connectivity index (χ1n) is 15.5. The molecule has 0 fully saturated rings. The van der Waals surface area contributed by atoms with E-state index in [1.807, 2.05) is 72.8 Å². The van der Waals surface area contributed by atoms with Gasteiger partial charge in [0.2, 0.25) is 23.1 Å². The third-order valence-corrected chi connectivity index (χ3v) is 9.14. The number of fused-ring (bicyclic) bond motifs is 5. The fraction of sp³-hybridized carbons (Fsp3) is 0.0476. The molecule has 6 aromatic carbocycles. The Morgan fingerprint density at radius 1 is 0.375 bits per heavy atom. The van der Waals surface area contributed by atoms with E-state index < -0.39 is 34.3 Å². The topological polar surface area (TPSA) is 86.7 Å². The third-order valence-electron chi connectivity index (χ3n) is 9.14. The second-order valence-electron chi connectivity index (χ2n) is 11.8.